The summed E-state index contributed by atoms with van der Waals surface area (Å²) in [6.45, 7) is 0.488. The molecule has 3 rings (SSSR count). The maximum Gasteiger partial charge on any atom is 0.322 e. The Morgan fingerprint density at radius 3 is 2.09 bits per heavy atom. The first-order valence-electron chi connectivity index (χ1n) is 7.07. The van der Waals surface area contributed by atoms with Crippen molar-refractivity contribution in [2.24, 2.45) is 0 Å². The summed E-state index contributed by atoms with van der Waals surface area (Å²) in [6.07, 6.45) is 3.07. The lowest BCUT2D eigenvalue weighted by atomic mass is 10.3. The Morgan fingerprint density at radius 2 is 1.57 bits per heavy atom. The Kier molecular flexibility index (Phi) is 4.42. The minimum absolute atomic E-state index is 0.126. The van der Waals surface area contributed by atoms with E-state index in [-0.39, 0.29) is 18.8 Å². The van der Waals surface area contributed by atoms with Crippen LogP contribution in [0.2, 0.25) is 0 Å². The Morgan fingerprint density at radius 1 is 0.957 bits per heavy atom. The fraction of sp³-hybridized carbons (Fsp3) is 0.118. The molecule has 2 heterocycles. The van der Waals surface area contributed by atoms with Crippen LogP contribution in [0.3, 0.4) is 0 Å². The Labute approximate surface area is 132 Å². The first-order valence-corrected chi connectivity index (χ1v) is 7.07. The van der Waals surface area contributed by atoms with Crippen molar-refractivity contribution in [2.45, 2.75) is 13.1 Å². The molecule has 0 saturated heterocycles. The van der Waals surface area contributed by atoms with Crippen molar-refractivity contribution in [3.05, 3.63) is 78.4 Å². The van der Waals surface area contributed by atoms with Crippen LogP contribution in [0.25, 0.3) is 0 Å². The van der Waals surface area contributed by atoms with Gasteiger partial charge in [0, 0.05) is 0 Å². The summed E-state index contributed by atoms with van der Waals surface area (Å²) >= 11 is 0. The number of carbonyl (C=O) groups excluding carboxylic acids is 1. The van der Waals surface area contributed by atoms with Gasteiger partial charge in [0.15, 0.2) is 0 Å². The SMILES string of the molecule is O=C(Nc1ccccc1F)N(Cc1ccco1)Cc1ccco1. The van der Waals surface area contributed by atoms with Crippen LogP contribution in [0.15, 0.2) is 69.9 Å². The fourth-order valence-electron chi connectivity index (χ4n) is 2.14. The number of nitrogens with one attached hydrogen (secondary N) is 1. The van der Waals surface area contributed by atoms with Gasteiger partial charge in [-0.3, -0.25) is 0 Å². The van der Waals surface area contributed by atoms with Gasteiger partial charge in [-0.2, -0.15) is 0 Å². The van der Waals surface area contributed by atoms with Crippen molar-refractivity contribution in [1.82, 2.24) is 4.90 Å². The van der Waals surface area contributed by atoms with E-state index in [1.54, 1.807) is 36.4 Å². The second-order valence-corrected chi connectivity index (χ2v) is 4.92. The van der Waals surface area contributed by atoms with Gasteiger partial charge in [-0.05, 0) is 36.4 Å². The molecule has 0 bridgehead atoms. The molecule has 5 nitrogen and oxygen atoms in total. The van der Waals surface area contributed by atoms with E-state index in [2.05, 4.69) is 5.32 Å². The van der Waals surface area contributed by atoms with Gasteiger partial charge in [0.1, 0.15) is 17.3 Å². The average molecular weight is 314 g/mol. The van der Waals surface area contributed by atoms with Gasteiger partial charge < -0.3 is 19.1 Å². The number of hydrogen-bond acceptors (Lipinski definition) is 3. The number of urea groups is 1. The normalized spacial score (nSPS) is 10.5. The zero-order valence-electron chi connectivity index (χ0n) is 12.2. The van der Waals surface area contributed by atoms with Crippen molar-refractivity contribution in [2.75, 3.05) is 5.32 Å². The van der Waals surface area contributed by atoms with E-state index in [1.165, 1.54) is 29.6 Å². The molecule has 6 heteroatoms. The first kappa shape index (κ1) is 14.9. The highest BCUT2D eigenvalue weighted by atomic mass is 19.1. The molecule has 1 N–H and O–H groups in total. The molecule has 0 aliphatic carbocycles. The Hall–Kier alpha value is -3.02. The van der Waals surface area contributed by atoms with Crippen LogP contribution < -0.4 is 5.32 Å². The largest absolute Gasteiger partial charge is 0.467 e. The summed E-state index contributed by atoms with van der Waals surface area (Å²) in [5.41, 5.74) is 0.126. The highest BCUT2D eigenvalue weighted by molar-refractivity contribution is 5.89. The number of nitrogens with zero attached hydrogens (tertiary/aromatic N) is 1. The minimum atomic E-state index is -0.489. The first-order chi connectivity index (χ1) is 11.2. The predicted molar refractivity (Wildman–Crippen MR) is 82.1 cm³/mol. The van der Waals surface area contributed by atoms with E-state index in [4.69, 9.17) is 8.83 Å². The molecule has 0 atom stereocenters. The quantitative estimate of drug-likeness (QED) is 0.766. The van der Waals surface area contributed by atoms with Gasteiger partial charge in [-0.25, -0.2) is 9.18 Å². The van der Waals surface area contributed by atoms with Crippen LogP contribution in [-0.4, -0.2) is 10.9 Å². The maximum absolute atomic E-state index is 13.7. The number of halogens is 1. The van der Waals surface area contributed by atoms with Crippen LogP contribution >= 0.6 is 0 Å². The fourth-order valence-corrected chi connectivity index (χ4v) is 2.14. The molecule has 118 valence electrons. The van der Waals surface area contributed by atoms with Crippen molar-refractivity contribution in [1.29, 1.82) is 0 Å². The summed E-state index contributed by atoms with van der Waals surface area (Å²) in [5.74, 6) is 0.761. The van der Waals surface area contributed by atoms with Crippen molar-refractivity contribution < 1.29 is 18.0 Å². The molecular weight excluding hydrogens is 299 g/mol. The van der Waals surface area contributed by atoms with Crippen molar-refractivity contribution in [3.63, 3.8) is 0 Å². The van der Waals surface area contributed by atoms with Crippen LogP contribution in [0.5, 0.6) is 0 Å². The molecule has 0 spiro atoms. The van der Waals surface area contributed by atoms with Crippen LogP contribution in [0.1, 0.15) is 11.5 Å². The van der Waals surface area contributed by atoms with Gasteiger partial charge in [0.2, 0.25) is 0 Å². The second-order valence-electron chi connectivity index (χ2n) is 4.92. The highest BCUT2D eigenvalue weighted by Gasteiger charge is 2.18. The number of hydrogen-bond donors (Lipinski definition) is 1. The maximum atomic E-state index is 13.7. The lowest BCUT2D eigenvalue weighted by molar-refractivity contribution is 0.195. The Balaban J connectivity index is 1.76. The molecule has 0 radical (unpaired) electrons. The third kappa shape index (κ3) is 3.79. The summed E-state index contributed by atoms with van der Waals surface area (Å²) in [4.78, 5) is 14.0. The van der Waals surface area contributed by atoms with Gasteiger partial charge in [-0.15, -0.1) is 0 Å². The van der Waals surface area contributed by atoms with Crippen LogP contribution in [0.4, 0.5) is 14.9 Å². The van der Waals surface area contributed by atoms with E-state index >= 15 is 0 Å². The zero-order valence-corrected chi connectivity index (χ0v) is 12.2. The second kappa shape index (κ2) is 6.83. The van der Waals surface area contributed by atoms with Crippen molar-refractivity contribution >= 4 is 11.7 Å². The topological polar surface area (TPSA) is 58.6 Å². The standard InChI is InChI=1S/C17H15FN2O3/c18-15-7-1-2-8-16(15)19-17(21)20(11-13-5-3-9-22-13)12-14-6-4-10-23-14/h1-10H,11-12H2,(H,19,21). The zero-order chi connectivity index (χ0) is 16.1. The summed E-state index contributed by atoms with van der Waals surface area (Å²) in [7, 11) is 0. The summed E-state index contributed by atoms with van der Waals surface area (Å²) in [6, 6.07) is 12.6. The molecule has 2 aromatic heterocycles. The molecule has 1 aromatic carbocycles. The number of furan rings is 2. The third-order valence-corrected chi connectivity index (χ3v) is 3.26. The lowest BCUT2D eigenvalue weighted by Gasteiger charge is -2.21. The molecule has 2 amide bonds. The lowest BCUT2D eigenvalue weighted by Crippen LogP contribution is -2.34. The molecule has 0 fully saturated rings. The number of para-hydroxylation sites is 1. The van der Waals surface area contributed by atoms with E-state index in [9.17, 15) is 9.18 Å². The van der Waals surface area contributed by atoms with Gasteiger partial charge in [0.05, 0.1) is 31.3 Å². The summed E-state index contributed by atoms with van der Waals surface area (Å²) < 4.78 is 24.3. The van der Waals surface area contributed by atoms with Crippen molar-refractivity contribution in [3.8, 4) is 0 Å². The molecule has 3 aromatic rings. The van der Waals surface area contributed by atoms with Gasteiger partial charge in [0.25, 0.3) is 0 Å². The molecular formula is C17H15FN2O3. The summed E-state index contributed by atoms with van der Waals surface area (Å²) in [5, 5.41) is 2.56. The van der Waals surface area contributed by atoms with Crippen LogP contribution in [0, 0.1) is 5.82 Å². The average Bonchev–Trinajstić information content (AvgIpc) is 3.22. The smallest absolute Gasteiger partial charge is 0.322 e. The van der Waals surface area contributed by atoms with E-state index < -0.39 is 11.8 Å². The molecule has 0 unspecified atom stereocenters. The third-order valence-electron chi connectivity index (χ3n) is 3.26. The molecule has 0 saturated carbocycles. The number of benzene rings is 1. The Bertz CT molecular complexity index is 718. The number of anilines is 1. The van der Waals surface area contributed by atoms with Gasteiger partial charge >= 0.3 is 6.03 Å². The predicted octanol–water partition coefficient (Wildman–Crippen LogP) is 4.25. The van der Waals surface area contributed by atoms with Crippen LogP contribution in [-0.2, 0) is 13.1 Å². The molecule has 0 aliphatic rings. The molecule has 23 heavy (non-hydrogen) atoms. The molecule has 0 aliphatic heterocycles. The number of rotatable bonds is 5. The van der Waals surface area contributed by atoms with Gasteiger partial charge in [-0.1, -0.05) is 12.1 Å². The number of amides is 2. The van der Waals surface area contributed by atoms with E-state index in [0.29, 0.717) is 11.5 Å². The number of carbonyl (C=O) groups is 1. The van der Waals surface area contributed by atoms with E-state index in [1.807, 2.05) is 0 Å². The van der Waals surface area contributed by atoms with E-state index in [0.717, 1.165) is 0 Å². The highest BCUT2D eigenvalue weighted by Crippen LogP contribution is 2.16. The monoisotopic (exact) mass is 314 g/mol. The minimum Gasteiger partial charge on any atom is -0.467 e.